The number of piperidine rings is 1. The number of benzene rings is 1. The molecule has 0 N–H and O–H groups in total. The molecule has 2 saturated heterocycles. The highest BCUT2D eigenvalue weighted by Crippen LogP contribution is 2.38. The van der Waals surface area contributed by atoms with Crippen molar-refractivity contribution in [1.82, 2.24) is 0 Å². The van der Waals surface area contributed by atoms with Gasteiger partial charge in [0.15, 0.2) is 0 Å². The van der Waals surface area contributed by atoms with Gasteiger partial charge in [-0.1, -0.05) is 17.7 Å². The second kappa shape index (κ2) is 3.55. The molecule has 0 spiro atoms. The first kappa shape index (κ1) is 9.26. The van der Waals surface area contributed by atoms with Crippen LogP contribution in [0.15, 0.2) is 24.3 Å². The van der Waals surface area contributed by atoms with Crippen LogP contribution in [0.25, 0.3) is 0 Å². The Morgan fingerprint density at radius 2 is 1.53 bits per heavy atom. The summed E-state index contributed by atoms with van der Waals surface area (Å²) in [7, 11) is 0. The number of hydrogen-bond acceptors (Lipinski definition) is 1. The summed E-state index contributed by atoms with van der Waals surface area (Å²) in [6.07, 6.45) is 7.09. The molecule has 0 aromatic heterocycles. The highest BCUT2D eigenvalue weighted by Gasteiger charge is 2.36. The fourth-order valence-corrected chi connectivity index (χ4v) is 3.26. The zero-order valence-electron chi connectivity index (χ0n) is 9.45. The van der Waals surface area contributed by atoms with Crippen molar-refractivity contribution in [3.63, 3.8) is 0 Å². The van der Waals surface area contributed by atoms with Gasteiger partial charge < -0.3 is 4.90 Å². The van der Waals surface area contributed by atoms with Crippen molar-refractivity contribution in [2.75, 3.05) is 4.90 Å². The van der Waals surface area contributed by atoms with Crippen molar-refractivity contribution < 1.29 is 0 Å². The Morgan fingerprint density at radius 1 is 0.933 bits per heavy atom. The first-order chi connectivity index (χ1) is 7.34. The molecule has 0 saturated carbocycles. The summed E-state index contributed by atoms with van der Waals surface area (Å²) in [5.74, 6) is 0. The molecule has 15 heavy (non-hydrogen) atoms. The van der Waals surface area contributed by atoms with Gasteiger partial charge in [-0.3, -0.25) is 0 Å². The smallest absolute Gasteiger partial charge is 0.0371 e. The Balaban J connectivity index is 1.90. The molecule has 0 aliphatic carbocycles. The summed E-state index contributed by atoms with van der Waals surface area (Å²) in [6.45, 7) is 2.16. The standard InChI is InChI=1S/C14H19N/c1-11-5-7-14(8-6-11)15-12-3-2-4-13(15)10-9-12/h5-8,12-13H,2-4,9-10H2,1H3. The first-order valence-electron chi connectivity index (χ1n) is 6.19. The van der Waals surface area contributed by atoms with Crippen molar-refractivity contribution in [3.8, 4) is 0 Å². The van der Waals surface area contributed by atoms with Crippen LogP contribution in [-0.4, -0.2) is 12.1 Å². The van der Waals surface area contributed by atoms with E-state index < -0.39 is 0 Å². The van der Waals surface area contributed by atoms with Crippen LogP contribution in [0.4, 0.5) is 5.69 Å². The van der Waals surface area contributed by atoms with Gasteiger partial charge >= 0.3 is 0 Å². The van der Waals surface area contributed by atoms with E-state index in [0.29, 0.717) is 0 Å². The van der Waals surface area contributed by atoms with E-state index in [9.17, 15) is 0 Å². The average Bonchev–Trinajstić information content (AvgIpc) is 2.51. The third kappa shape index (κ3) is 1.54. The van der Waals surface area contributed by atoms with Crippen LogP contribution < -0.4 is 4.90 Å². The molecule has 1 nitrogen and oxygen atoms in total. The van der Waals surface area contributed by atoms with Gasteiger partial charge in [-0.2, -0.15) is 0 Å². The lowest BCUT2D eigenvalue weighted by Crippen LogP contribution is -2.39. The number of rotatable bonds is 1. The predicted molar refractivity (Wildman–Crippen MR) is 64.3 cm³/mol. The van der Waals surface area contributed by atoms with Crippen molar-refractivity contribution in [3.05, 3.63) is 29.8 Å². The minimum absolute atomic E-state index is 0.839. The number of fused-ring (bicyclic) bond motifs is 2. The molecule has 2 heterocycles. The predicted octanol–water partition coefficient (Wildman–Crippen LogP) is 3.52. The maximum atomic E-state index is 2.68. The number of nitrogens with zero attached hydrogens (tertiary/aromatic N) is 1. The van der Waals surface area contributed by atoms with Crippen molar-refractivity contribution in [1.29, 1.82) is 0 Å². The average molecular weight is 201 g/mol. The van der Waals surface area contributed by atoms with Gasteiger partial charge in [0.2, 0.25) is 0 Å². The molecule has 2 atom stereocenters. The van der Waals surface area contributed by atoms with E-state index in [1.54, 1.807) is 0 Å². The van der Waals surface area contributed by atoms with E-state index in [2.05, 4.69) is 36.1 Å². The quantitative estimate of drug-likeness (QED) is 0.672. The summed E-state index contributed by atoms with van der Waals surface area (Å²) < 4.78 is 0. The van der Waals surface area contributed by atoms with Crippen LogP contribution in [0, 0.1) is 6.92 Å². The molecular formula is C14H19N. The summed E-state index contributed by atoms with van der Waals surface area (Å²) in [5, 5.41) is 0. The normalized spacial score (nSPS) is 29.5. The van der Waals surface area contributed by atoms with Crippen molar-refractivity contribution in [2.24, 2.45) is 0 Å². The largest absolute Gasteiger partial charge is 0.366 e. The molecule has 0 amide bonds. The summed E-state index contributed by atoms with van der Waals surface area (Å²) in [5.41, 5.74) is 2.82. The SMILES string of the molecule is Cc1ccc(N2C3CCCC2CC3)cc1. The van der Waals surface area contributed by atoms with Crippen LogP contribution in [0.2, 0.25) is 0 Å². The van der Waals surface area contributed by atoms with E-state index >= 15 is 0 Å². The molecule has 80 valence electrons. The molecular weight excluding hydrogens is 182 g/mol. The van der Waals surface area contributed by atoms with E-state index in [1.165, 1.54) is 43.4 Å². The monoisotopic (exact) mass is 201 g/mol. The zero-order valence-corrected chi connectivity index (χ0v) is 9.45. The minimum Gasteiger partial charge on any atom is -0.366 e. The second-order valence-electron chi connectivity index (χ2n) is 5.06. The molecule has 2 fully saturated rings. The summed E-state index contributed by atoms with van der Waals surface area (Å²) >= 11 is 0. The molecule has 2 bridgehead atoms. The Morgan fingerprint density at radius 3 is 2.13 bits per heavy atom. The molecule has 2 unspecified atom stereocenters. The summed E-state index contributed by atoms with van der Waals surface area (Å²) in [4.78, 5) is 2.68. The Hall–Kier alpha value is -0.980. The van der Waals surface area contributed by atoms with E-state index in [-0.39, 0.29) is 0 Å². The molecule has 1 aromatic carbocycles. The van der Waals surface area contributed by atoms with E-state index in [0.717, 1.165) is 12.1 Å². The molecule has 0 radical (unpaired) electrons. The molecule has 3 rings (SSSR count). The lowest BCUT2D eigenvalue weighted by molar-refractivity contribution is 0.468. The van der Waals surface area contributed by atoms with Crippen molar-refractivity contribution in [2.45, 2.75) is 51.1 Å². The van der Waals surface area contributed by atoms with Gasteiger partial charge in [0.05, 0.1) is 0 Å². The van der Waals surface area contributed by atoms with Crippen LogP contribution in [0.5, 0.6) is 0 Å². The third-order valence-electron chi connectivity index (χ3n) is 4.03. The molecule has 2 aliphatic heterocycles. The van der Waals surface area contributed by atoms with E-state index in [1.807, 2.05) is 0 Å². The summed E-state index contributed by atoms with van der Waals surface area (Å²) in [6, 6.07) is 10.8. The number of hydrogen-bond donors (Lipinski definition) is 0. The zero-order chi connectivity index (χ0) is 10.3. The van der Waals surface area contributed by atoms with Gasteiger partial charge in [0, 0.05) is 17.8 Å². The molecule has 1 aromatic rings. The lowest BCUT2D eigenvalue weighted by atomic mass is 10.0. The van der Waals surface area contributed by atoms with Gasteiger partial charge in [-0.15, -0.1) is 0 Å². The highest BCUT2D eigenvalue weighted by molar-refractivity contribution is 5.51. The fraction of sp³-hybridized carbons (Fsp3) is 0.571. The third-order valence-corrected chi connectivity index (χ3v) is 4.03. The number of anilines is 1. The van der Waals surface area contributed by atoms with Gasteiger partial charge in [-0.25, -0.2) is 0 Å². The minimum atomic E-state index is 0.839. The second-order valence-corrected chi connectivity index (χ2v) is 5.06. The Labute approximate surface area is 92.1 Å². The lowest BCUT2D eigenvalue weighted by Gasteiger charge is -2.36. The fourth-order valence-electron chi connectivity index (χ4n) is 3.26. The van der Waals surface area contributed by atoms with Gasteiger partial charge in [-0.05, 0) is 51.2 Å². The maximum absolute atomic E-state index is 2.68. The highest BCUT2D eigenvalue weighted by atomic mass is 15.2. The van der Waals surface area contributed by atoms with Gasteiger partial charge in [0.25, 0.3) is 0 Å². The Kier molecular flexibility index (Phi) is 2.19. The van der Waals surface area contributed by atoms with Gasteiger partial charge in [0.1, 0.15) is 0 Å². The number of aryl methyl sites for hydroxylation is 1. The van der Waals surface area contributed by atoms with Crippen LogP contribution >= 0.6 is 0 Å². The topological polar surface area (TPSA) is 3.24 Å². The molecule has 2 aliphatic rings. The van der Waals surface area contributed by atoms with Crippen LogP contribution in [0.3, 0.4) is 0 Å². The van der Waals surface area contributed by atoms with E-state index in [4.69, 9.17) is 0 Å². The first-order valence-corrected chi connectivity index (χ1v) is 6.19. The van der Waals surface area contributed by atoms with Crippen LogP contribution in [-0.2, 0) is 0 Å². The molecule has 1 heteroatoms. The maximum Gasteiger partial charge on any atom is 0.0371 e. The van der Waals surface area contributed by atoms with Crippen molar-refractivity contribution >= 4 is 5.69 Å². The van der Waals surface area contributed by atoms with Crippen LogP contribution in [0.1, 0.15) is 37.7 Å². The Bertz CT molecular complexity index is 325.